The van der Waals surface area contributed by atoms with Crippen molar-refractivity contribution in [2.24, 2.45) is 0 Å². The lowest BCUT2D eigenvalue weighted by Gasteiger charge is -2.32. The fraction of sp³-hybridized carbons (Fsp3) is 0.333. The van der Waals surface area contributed by atoms with Gasteiger partial charge in [0.2, 0.25) is 15.9 Å². The maximum absolute atomic E-state index is 13.0. The number of ether oxygens (including phenoxy) is 1. The van der Waals surface area contributed by atoms with Crippen molar-refractivity contribution in [2.75, 3.05) is 26.7 Å². The molecule has 0 bridgehead atoms. The summed E-state index contributed by atoms with van der Waals surface area (Å²) in [5.74, 6) is 0.193. The van der Waals surface area contributed by atoms with Gasteiger partial charge in [-0.15, -0.1) is 0 Å². The molecule has 0 spiro atoms. The molecule has 1 aliphatic rings. The van der Waals surface area contributed by atoms with E-state index in [0.717, 1.165) is 11.3 Å². The number of carbonyl (C=O) groups is 2. The maximum Gasteiger partial charge on any atom is 0.251 e. The molecular weight excluding hydrogens is 442 g/mol. The van der Waals surface area contributed by atoms with E-state index in [0.29, 0.717) is 37.9 Å². The Hall–Kier alpha value is -3.17. The largest absolute Gasteiger partial charge is 0.497 e. The van der Waals surface area contributed by atoms with Crippen molar-refractivity contribution in [1.29, 1.82) is 0 Å². The Labute approximate surface area is 194 Å². The number of nitrogens with zero attached hydrogens (tertiary/aromatic N) is 1. The minimum Gasteiger partial charge on any atom is -0.497 e. The number of hydrogen-bond donors (Lipinski definition) is 2. The molecule has 0 radical (unpaired) electrons. The molecule has 9 heteroatoms. The second-order valence-corrected chi connectivity index (χ2v) is 9.73. The molecular formula is C24H29N3O5S. The molecule has 2 aromatic rings. The second-order valence-electron chi connectivity index (χ2n) is 7.79. The lowest BCUT2D eigenvalue weighted by molar-refractivity contribution is -0.117. The number of hydrogen-bond acceptors (Lipinski definition) is 5. The summed E-state index contributed by atoms with van der Waals surface area (Å²) in [6.07, 6.45) is 3.20. The summed E-state index contributed by atoms with van der Waals surface area (Å²) in [5.41, 5.74) is 1.46. The van der Waals surface area contributed by atoms with Crippen molar-refractivity contribution >= 4 is 21.8 Å². The van der Waals surface area contributed by atoms with E-state index in [1.54, 1.807) is 7.11 Å². The Bertz CT molecular complexity index is 1080. The lowest BCUT2D eigenvalue weighted by Crippen LogP contribution is -2.49. The van der Waals surface area contributed by atoms with Gasteiger partial charge in [0.25, 0.3) is 5.91 Å². The third-order valence-electron chi connectivity index (χ3n) is 5.53. The first-order valence-corrected chi connectivity index (χ1v) is 12.2. The van der Waals surface area contributed by atoms with Gasteiger partial charge < -0.3 is 15.4 Å². The summed E-state index contributed by atoms with van der Waals surface area (Å²) in [6.45, 7) is 4.47. The van der Waals surface area contributed by atoms with Gasteiger partial charge >= 0.3 is 0 Å². The average Bonchev–Trinajstić information content (AvgIpc) is 2.84. The van der Waals surface area contributed by atoms with E-state index in [9.17, 15) is 18.0 Å². The van der Waals surface area contributed by atoms with E-state index in [1.807, 2.05) is 24.3 Å². The third-order valence-corrected chi connectivity index (χ3v) is 7.41. The average molecular weight is 472 g/mol. The summed E-state index contributed by atoms with van der Waals surface area (Å²) in [6, 6.07) is 13.3. The number of sulfonamides is 1. The van der Waals surface area contributed by atoms with Gasteiger partial charge in [0.1, 0.15) is 5.75 Å². The molecule has 2 amide bonds. The number of benzene rings is 2. The normalized spacial score (nSPS) is 16.6. The Morgan fingerprint density at radius 2 is 1.85 bits per heavy atom. The third kappa shape index (κ3) is 6.43. The van der Waals surface area contributed by atoms with Crippen LogP contribution in [0.25, 0.3) is 0 Å². The highest BCUT2D eigenvalue weighted by atomic mass is 32.2. The minimum atomic E-state index is -3.72. The van der Waals surface area contributed by atoms with E-state index >= 15 is 0 Å². The van der Waals surface area contributed by atoms with Gasteiger partial charge in [-0.05, 0) is 67.3 Å². The Morgan fingerprint density at radius 3 is 2.48 bits per heavy atom. The Morgan fingerprint density at radius 1 is 1.15 bits per heavy atom. The Kier molecular flexibility index (Phi) is 8.24. The van der Waals surface area contributed by atoms with Crippen LogP contribution in [0.1, 0.15) is 28.8 Å². The van der Waals surface area contributed by atoms with Gasteiger partial charge in [-0.1, -0.05) is 18.7 Å². The summed E-state index contributed by atoms with van der Waals surface area (Å²) in [7, 11) is -2.11. The molecule has 1 aliphatic heterocycles. The van der Waals surface area contributed by atoms with Gasteiger partial charge in [0, 0.05) is 31.2 Å². The topological polar surface area (TPSA) is 105 Å². The second kappa shape index (κ2) is 11.1. The fourth-order valence-corrected chi connectivity index (χ4v) is 5.20. The Balaban J connectivity index is 1.57. The molecule has 2 aromatic carbocycles. The monoisotopic (exact) mass is 471 g/mol. The molecule has 1 atom stereocenters. The summed E-state index contributed by atoms with van der Waals surface area (Å²) >= 11 is 0. The highest BCUT2D eigenvalue weighted by Crippen LogP contribution is 2.21. The predicted molar refractivity (Wildman–Crippen MR) is 126 cm³/mol. The van der Waals surface area contributed by atoms with Crippen LogP contribution in [0.3, 0.4) is 0 Å². The minimum absolute atomic E-state index is 0.119. The fourth-order valence-electron chi connectivity index (χ4n) is 3.68. The van der Waals surface area contributed by atoms with E-state index in [2.05, 4.69) is 17.2 Å². The summed E-state index contributed by atoms with van der Waals surface area (Å²) in [5, 5.41) is 5.61. The van der Waals surface area contributed by atoms with Crippen molar-refractivity contribution < 1.29 is 22.7 Å². The van der Waals surface area contributed by atoms with Crippen LogP contribution in [0, 0.1) is 0 Å². The van der Waals surface area contributed by atoms with Crippen LogP contribution in [-0.2, 0) is 21.2 Å². The van der Waals surface area contributed by atoms with Crippen LogP contribution >= 0.6 is 0 Å². The molecule has 0 unspecified atom stereocenters. The molecule has 3 rings (SSSR count). The van der Waals surface area contributed by atoms with Crippen LogP contribution in [0.2, 0.25) is 0 Å². The molecule has 0 aromatic heterocycles. The zero-order chi connectivity index (χ0) is 23.8. The van der Waals surface area contributed by atoms with Gasteiger partial charge in [-0.3, -0.25) is 9.59 Å². The van der Waals surface area contributed by atoms with Crippen LogP contribution in [-0.4, -0.2) is 57.3 Å². The van der Waals surface area contributed by atoms with Crippen molar-refractivity contribution in [3.8, 4) is 5.75 Å². The van der Waals surface area contributed by atoms with Gasteiger partial charge in [-0.2, -0.15) is 4.31 Å². The molecule has 176 valence electrons. The van der Waals surface area contributed by atoms with Crippen molar-refractivity contribution in [2.45, 2.75) is 30.2 Å². The highest BCUT2D eigenvalue weighted by molar-refractivity contribution is 7.89. The molecule has 8 nitrogen and oxygen atoms in total. The van der Waals surface area contributed by atoms with Crippen LogP contribution in [0.5, 0.6) is 5.75 Å². The summed E-state index contributed by atoms with van der Waals surface area (Å²) < 4.78 is 32.6. The van der Waals surface area contributed by atoms with Crippen molar-refractivity contribution in [3.63, 3.8) is 0 Å². The first kappa shape index (κ1) is 24.5. The predicted octanol–water partition coefficient (Wildman–Crippen LogP) is 2.12. The molecule has 0 aliphatic carbocycles. The zero-order valence-corrected chi connectivity index (χ0v) is 19.4. The number of amides is 2. The maximum atomic E-state index is 13.0. The van der Waals surface area contributed by atoms with Crippen molar-refractivity contribution in [1.82, 2.24) is 14.9 Å². The van der Waals surface area contributed by atoms with Gasteiger partial charge in [-0.25, -0.2) is 8.42 Å². The molecule has 33 heavy (non-hydrogen) atoms. The molecule has 1 fully saturated rings. The van der Waals surface area contributed by atoms with E-state index < -0.39 is 10.0 Å². The molecule has 1 heterocycles. The number of piperidine rings is 1. The van der Waals surface area contributed by atoms with Crippen molar-refractivity contribution in [3.05, 3.63) is 72.3 Å². The number of nitrogens with one attached hydrogen (secondary N) is 2. The van der Waals surface area contributed by atoms with Crippen LogP contribution in [0.4, 0.5) is 0 Å². The van der Waals surface area contributed by atoms with E-state index in [4.69, 9.17) is 4.74 Å². The lowest BCUT2D eigenvalue weighted by atomic mass is 10.1. The van der Waals surface area contributed by atoms with E-state index in [1.165, 1.54) is 34.6 Å². The van der Waals surface area contributed by atoms with Crippen LogP contribution < -0.4 is 15.4 Å². The van der Waals surface area contributed by atoms with E-state index in [-0.39, 0.29) is 29.3 Å². The number of rotatable bonds is 9. The smallest absolute Gasteiger partial charge is 0.251 e. The highest BCUT2D eigenvalue weighted by Gasteiger charge is 2.30. The zero-order valence-electron chi connectivity index (χ0n) is 18.6. The molecule has 0 saturated carbocycles. The first-order chi connectivity index (χ1) is 15.8. The van der Waals surface area contributed by atoms with Gasteiger partial charge in [0.15, 0.2) is 0 Å². The first-order valence-electron chi connectivity index (χ1n) is 10.8. The molecule has 2 N–H and O–H groups in total. The van der Waals surface area contributed by atoms with Gasteiger partial charge in [0.05, 0.1) is 12.0 Å². The standard InChI is InChI=1S/C24H29N3O5S/c1-3-23(28)26-20-5-4-16-27(17-20)33(30,31)22-12-8-19(9-13-22)24(29)25-15-14-18-6-10-21(32-2)11-7-18/h3,6-13,20H,1,4-5,14-17H2,2H3,(H,25,29)(H,26,28)/t20-/m0/s1. The SMILES string of the molecule is C=CC(=O)N[C@H]1CCCN(S(=O)(=O)c2ccc(C(=O)NCCc3ccc(OC)cc3)cc2)C1. The van der Waals surface area contributed by atoms with Crippen LogP contribution in [0.15, 0.2) is 66.1 Å². The number of methoxy groups -OCH3 is 1. The quantitative estimate of drug-likeness (QED) is 0.545. The number of carbonyl (C=O) groups excluding carboxylic acids is 2. The summed E-state index contributed by atoms with van der Waals surface area (Å²) in [4.78, 5) is 24.1. The molecule has 1 saturated heterocycles.